The summed E-state index contributed by atoms with van der Waals surface area (Å²) < 4.78 is 0. The van der Waals surface area contributed by atoms with Crippen LogP contribution in [0.1, 0.15) is 67.2 Å². The number of amides is 1. The van der Waals surface area contributed by atoms with Gasteiger partial charge < -0.3 is 0 Å². The standard InChI is InChI=1S/C25H30N2O/c1-18-9-13-20(14-10-18)25(21-15-11-19(2)12-16-21)17-23(25)24(28)27-26-22-7-5-3-4-6-8-22/h9-16,23H,3-8,17H2,1-2H3,(H,27,28). The molecule has 1 unspecified atom stereocenters. The largest absolute Gasteiger partial charge is 0.273 e. The highest BCUT2D eigenvalue weighted by molar-refractivity contribution is 5.89. The molecule has 2 aliphatic carbocycles. The molecule has 1 N–H and O–H groups in total. The van der Waals surface area contributed by atoms with E-state index in [1.54, 1.807) is 0 Å². The Kier molecular flexibility index (Phi) is 5.34. The Hall–Kier alpha value is -2.42. The molecule has 0 heterocycles. The third-order valence-corrected chi connectivity index (χ3v) is 6.42. The van der Waals surface area contributed by atoms with Crippen molar-refractivity contribution >= 4 is 11.6 Å². The summed E-state index contributed by atoms with van der Waals surface area (Å²) in [5.74, 6) is -0.00839. The summed E-state index contributed by atoms with van der Waals surface area (Å²) in [6.45, 7) is 4.20. The Labute approximate surface area is 168 Å². The average molecular weight is 375 g/mol. The topological polar surface area (TPSA) is 41.5 Å². The van der Waals surface area contributed by atoms with Crippen LogP contribution in [-0.4, -0.2) is 11.6 Å². The number of benzene rings is 2. The van der Waals surface area contributed by atoms with Gasteiger partial charge in [0.25, 0.3) is 0 Å². The summed E-state index contributed by atoms with van der Waals surface area (Å²) in [6, 6.07) is 17.3. The molecule has 1 amide bonds. The fourth-order valence-electron chi connectivity index (χ4n) is 4.55. The fraction of sp³-hybridized carbons (Fsp3) is 0.440. The van der Waals surface area contributed by atoms with E-state index in [-0.39, 0.29) is 17.2 Å². The van der Waals surface area contributed by atoms with Crippen molar-refractivity contribution in [3.63, 3.8) is 0 Å². The summed E-state index contributed by atoms with van der Waals surface area (Å²) >= 11 is 0. The molecule has 0 spiro atoms. The minimum atomic E-state index is -0.227. The number of aryl methyl sites for hydroxylation is 2. The van der Waals surface area contributed by atoms with Crippen LogP contribution in [-0.2, 0) is 10.2 Å². The third kappa shape index (κ3) is 3.76. The Balaban J connectivity index is 1.58. The molecule has 0 bridgehead atoms. The molecule has 0 aromatic heterocycles. The number of carbonyl (C=O) groups is 1. The predicted octanol–water partition coefficient (Wildman–Crippen LogP) is 5.44. The first kappa shape index (κ1) is 18.9. The fourth-order valence-corrected chi connectivity index (χ4v) is 4.55. The van der Waals surface area contributed by atoms with Crippen LogP contribution in [0.3, 0.4) is 0 Å². The van der Waals surface area contributed by atoms with E-state index in [0.29, 0.717) is 0 Å². The number of rotatable bonds is 4. The Morgan fingerprint density at radius 3 is 1.86 bits per heavy atom. The Bertz CT molecular complexity index is 809. The zero-order valence-corrected chi connectivity index (χ0v) is 17.0. The third-order valence-electron chi connectivity index (χ3n) is 6.42. The molecule has 2 saturated carbocycles. The molecule has 3 nitrogen and oxygen atoms in total. The van der Waals surface area contributed by atoms with Crippen molar-refractivity contribution in [1.82, 2.24) is 5.43 Å². The van der Waals surface area contributed by atoms with Crippen LogP contribution >= 0.6 is 0 Å². The highest BCUT2D eigenvalue weighted by Crippen LogP contribution is 2.59. The van der Waals surface area contributed by atoms with Gasteiger partial charge in [0.2, 0.25) is 5.91 Å². The van der Waals surface area contributed by atoms with E-state index >= 15 is 0 Å². The van der Waals surface area contributed by atoms with Gasteiger partial charge in [-0.2, -0.15) is 5.10 Å². The maximum Gasteiger partial charge on any atom is 0.244 e. The summed E-state index contributed by atoms with van der Waals surface area (Å²) in [7, 11) is 0. The highest BCUT2D eigenvalue weighted by Gasteiger charge is 2.60. The molecule has 0 saturated heterocycles. The average Bonchev–Trinajstić information content (AvgIpc) is 3.49. The Morgan fingerprint density at radius 1 is 0.857 bits per heavy atom. The lowest BCUT2D eigenvalue weighted by atomic mass is 9.85. The molecule has 2 aliphatic rings. The van der Waals surface area contributed by atoms with Crippen molar-refractivity contribution < 1.29 is 4.79 Å². The van der Waals surface area contributed by atoms with Gasteiger partial charge in [0, 0.05) is 11.1 Å². The molecule has 3 heteroatoms. The SMILES string of the molecule is Cc1ccc(C2(c3ccc(C)cc3)CC2C(=O)NN=C2CCCCCC2)cc1. The Morgan fingerprint density at radius 2 is 1.36 bits per heavy atom. The molecule has 2 aromatic rings. The molecule has 2 aromatic carbocycles. The quantitative estimate of drug-likeness (QED) is 0.562. The van der Waals surface area contributed by atoms with E-state index in [1.165, 1.54) is 47.9 Å². The van der Waals surface area contributed by atoms with Gasteiger partial charge >= 0.3 is 0 Å². The summed E-state index contributed by atoms with van der Waals surface area (Å²) in [5, 5.41) is 4.50. The van der Waals surface area contributed by atoms with Crippen LogP contribution < -0.4 is 5.43 Å². The van der Waals surface area contributed by atoms with E-state index in [4.69, 9.17) is 0 Å². The van der Waals surface area contributed by atoms with E-state index in [1.807, 2.05) is 0 Å². The van der Waals surface area contributed by atoms with Crippen LogP contribution in [0.5, 0.6) is 0 Å². The number of hydrazone groups is 1. The molecular weight excluding hydrogens is 344 g/mol. The first-order chi connectivity index (χ1) is 13.6. The van der Waals surface area contributed by atoms with Crippen molar-refractivity contribution in [2.45, 2.75) is 64.2 Å². The summed E-state index contributed by atoms with van der Waals surface area (Å²) in [4.78, 5) is 13.0. The number of hydrogen-bond donors (Lipinski definition) is 1. The number of hydrogen-bond acceptors (Lipinski definition) is 2. The monoisotopic (exact) mass is 374 g/mol. The van der Waals surface area contributed by atoms with Gasteiger partial charge in [0.15, 0.2) is 0 Å². The number of nitrogens with one attached hydrogen (secondary N) is 1. The smallest absolute Gasteiger partial charge is 0.244 e. The second-order valence-electron chi connectivity index (χ2n) is 8.53. The maximum atomic E-state index is 13.0. The number of nitrogens with zero attached hydrogens (tertiary/aromatic N) is 1. The minimum absolute atomic E-state index is 0.0536. The van der Waals surface area contributed by atoms with Crippen molar-refractivity contribution in [2.24, 2.45) is 11.0 Å². The first-order valence-corrected chi connectivity index (χ1v) is 10.6. The van der Waals surface area contributed by atoms with Crippen LogP contribution in [0.2, 0.25) is 0 Å². The lowest BCUT2D eigenvalue weighted by Gasteiger charge is -2.19. The van der Waals surface area contributed by atoms with Gasteiger partial charge in [0.05, 0.1) is 5.92 Å². The van der Waals surface area contributed by atoms with Crippen molar-refractivity contribution in [1.29, 1.82) is 0 Å². The lowest BCUT2D eigenvalue weighted by Crippen LogP contribution is -2.26. The molecule has 1 atom stereocenters. The van der Waals surface area contributed by atoms with Crippen LogP contribution in [0.4, 0.5) is 0 Å². The molecule has 28 heavy (non-hydrogen) atoms. The van der Waals surface area contributed by atoms with Crippen LogP contribution in [0.25, 0.3) is 0 Å². The normalized spacial score (nSPS) is 20.9. The van der Waals surface area contributed by atoms with Gasteiger partial charge in [-0.25, -0.2) is 5.43 Å². The van der Waals surface area contributed by atoms with Gasteiger partial charge in [0.1, 0.15) is 0 Å². The summed E-state index contributed by atoms with van der Waals surface area (Å²) in [5.41, 5.74) is 8.77. The van der Waals surface area contributed by atoms with E-state index in [0.717, 1.165) is 25.0 Å². The van der Waals surface area contributed by atoms with Gasteiger partial charge in [-0.1, -0.05) is 72.5 Å². The van der Waals surface area contributed by atoms with Crippen molar-refractivity contribution in [3.05, 3.63) is 70.8 Å². The van der Waals surface area contributed by atoms with Gasteiger partial charge in [-0.15, -0.1) is 0 Å². The first-order valence-electron chi connectivity index (χ1n) is 10.6. The lowest BCUT2D eigenvalue weighted by molar-refractivity contribution is -0.122. The number of carbonyl (C=O) groups excluding carboxylic acids is 1. The molecule has 0 radical (unpaired) electrons. The summed E-state index contributed by atoms with van der Waals surface area (Å²) in [6.07, 6.45) is 7.82. The molecule has 0 aliphatic heterocycles. The van der Waals surface area contributed by atoms with Crippen molar-refractivity contribution in [3.8, 4) is 0 Å². The highest BCUT2D eigenvalue weighted by atomic mass is 16.2. The maximum absolute atomic E-state index is 13.0. The minimum Gasteiger partial charge on any atom is -0.273 e. The zero-order chi connectivity index (χ0) is 19.6. The molecule has 146 valence electrons. The van der Waals surface area contributed by atoms with E-state index < -0.39 is 0 Å². The van der Waals surface area contributed by atoms with E-state index in [2.05, 4.69) is 72.9 Å². The van der Waals surface area contributed by atoms with Crippen LogP contribution in [0, 0.1) is 19.8 Å². The van der Waals surface area contributed by atoms with Gasteiger partial charge in [-0.3, -0.25) is 4.79 Å². The van der Waals surface area contributed by atoms with E-state index in [9.17, 15) is 4.79 Å². The molecule has 2 fully saturated rings. The molecule has 4 rings (SSSR count). The second kappa shape index (κ2) is 7.90. The second-order valence-corrected chi connectivity index (χ2v) is 8.53. The molecular formula is C25H30N2O. The zero-order valence-electron chi connectivity index (χ0n) is 17.0. The van der Waals surface area contributed by atoms with Crippen LogP contribution in [0.15, 0.2) is 53.6 Å². The van der Waals surface area contributed by atoms with Gasteiger partial charge in [-0.05, 0) is 57.1 Å². The predicted molar refractivity (Wildman–Crippen MR) is 115 cm³/mol. The van der Waals surface area contributed by atoms with Crippen molar-refractivity contribution in [2.75, 3.05) is 0 Å².